The Bertz CT molecular complexity index is 606. The first-order valence-electron chi connectivity index (χ1n) is 6.06. The van der Waals surface area contributed by atoms with E-state index in [-0.39, 0.29) is 12.5 Å². The third-order valence-corrected chi connectivity index (χ3v) is 2.79. The van der Waals surface area contributed by atoms with Gasteiger partial charge in [0.2, 0.25) is 0 Å². The van der Waals surface area contributed by atoms with Crippen LogP contribution in [0.3, 0.4) is 0 Å². The second-order valence-corrected chi connectivity index (χ2v) is 4.29. The van der Waals surface area contributed by atoms with Gasteiger partial charge < -0.3 is 10.0 Å². The standard InChI is InChI=1S/C13H15N3O3/c1-2-5-16(8-12(17)18)13(19)9-3-4-11-10(6-9)7-14-15-11/h3-4,6-7H,2,5,8H2,1H3,(H,14,15)(H,17,18). The zero-order chi connectivity index (χ0) is 13.8. The van der Waals surface area contributed by atoms with Crippen molar-refractivity contribution in [3.05, 3.63) is 30.0 Å². The smallest absolute Gasteiger partial charge is 0.323 e. The van der Waals surface area contributed by atoms with Crippen molar-refractivity contribution in [2.45, 2.75) is 13.3 Å². The number of carbonyl (C=O) groups is 2. The molecule has 0 saturated heterocycles. The number of aromatic amines is 1. The van der Waals surface area contributed by atoms with Gasteiger partial charge >= 0.3 is 5.97 Å². The number of aromatic nitrogens is 2. The number of carboxylic acid groups (broad SMARTS) is 1. The topological polar surface area (TPSA) is 86.3 Å². The van der Waals surface area contributed by atoms with E-state index < -0.39 is 5.97 Å². The largest absolute Gasteiger partial charge is 0.480 e. The van der Waals surface area contributed by atoms with Gasteiger partial charge in [0, 0.05) is 17.5 Å². The van der Waals surface area contributed by atoms with E-state index in [0.29, 0.717) is 18.5 Å². The highest BCUT2D eigenvalue weighted by atomic mass is 16.4. The van der Waals surface area contributed by atoms with Crippen molar-refractivity contribution >= 4 is 22.8 Å². The molecule has 1 amide bonds. The van der Waals surface area contributed by atoms with E-state index >= 15 is 0 Å². The number of nitrogens with one attached hydrogen (secondary N) is 1. The van der Waals surface area contributed by atoms with Gasteiger partial charge in [0.05, 0.1) is 11.7 Å². The van der Waals surface area contributed by atoms with Crippen LogP contribution < -0.4 is 0 Å². The molecule has 0 unspecified atom stereocenters. The monoisotopic (exact) mass is 261 g/mol. The predicted molar refractivity (Wildman–Crippen MR) is 69.9 cm³/mol. The number of hydrogen-bond acceptors (Lipinski definition) is 3. The molecule has 2 aromatic rings. The summed E-state index contributed by atoms with van der Waals surface area (Å²) in [5, 5.41) is 16.4. The van der Waals surface area contributed by atoms with Crippen LogP contribution in [-0.4, -0.2) is 45.2 Å². The van der Waals surface area contributed by atoms with Crippen LogP contribution in [0.1, 0.15) is 23.7 Å². The number of aliphatic carboxylic acids is 1. The molecule has 0 saturated carbocycles. The van der Waals surface area contributed by atoms with Crippen molar-refractivity contribution in [3.8, 4) is 0 Å². The fourth-order valence-electron chi connectivity index (χ4n) is 1.94. The average molecular weight is 261 g/mol. The molecule has 0 aliphatic heterocycles. The van der Waals surface area contributed by atoms with Gasteiger partial charge in [-0.05, 0) is 24.6 Å². The van der Waals surface area contributed by atoms with Gasteiger partial charge in [-0.3, -0.25) is 14.7 Å². The maximum atomic E-state index is 12.3. The van der Waals surface area contributed by atoms with Gasteiger partial charge in [-0.25, -0.2) is 0 Å². The van der Waals surface area contributed by atoms with E-state index in [2.05, 4.69) is 10.2 Å². The van der Waals surface area contributed by atoms with Crippen LogP contribution in [0.2, 0.25) is 0 Å². The van der Waals surface area contributed by atoms with E-state index in [0.717, 1.165) is 10.9 Å². The molecule has 0 atom stereocenters. The highest BCUT2D eigenvalue weighted by Gasteiger charge is 2.18. The van der Waals surface area contributed by atoms with Crippen molar-refractivity contribution < 1.29 is 14.7 Å². The number of carbonyl (C=O) groups excluding carboxylic acids is 1. The van der Waals surface area contributed by atoms with Gasteiger partial charge in [-0.15, -0.1) is 0 Å². The molecule has 0 aliphatic carbocycles. The lowest BCUT2D eigenvalue weighted by molar-refractivity contribution is -0.137. The molecule has 2 N–H and O–H groups in total. The molecule has 1 aromatic carbocycles. The third-order valence-electron chi connectivity index (χ3n) is 2.79. The molecule has 100 valence electrons. The first-order valence-corrected chi connectivity index (χ1v) is 6.06. The van der Waals surface area contributed by atoms with Crippen LogP contribution in [0.5, 0.6) is 0 Å². The van der Waals surface area contributed by atoms with Crippen molar-refractivity contribution in [1.29, 1.82) is 0 Å². The van der Waals surface area contributed by atoms with Gasteiger partial charge in [0.1, 0.15) is 6.54 Å². The molecule has 1 heterocycles. The minimum atomic E-state index is -1.01. The fraction of sp³-hybridized carbons (Fsp3) is 0.308. The molecule has 0 spiro atoms. The molecular weight excluding hydrogens is 246 g/mol. The lowest BCUT2D eigenvalue weighted by atomic mass is 10.1. The zero-order valence-electron chi connectivity index (χ0n) is 10.6. The van der Waals surface area contributed by atoms with Crippen molar-refractivity contribution in [3.63, 3.8) is 0 Å². The molecular formula is C13H15N3O3. The number of carboxylic acids is 1. The molecule has 0 aliphatic rings. The van der Waals surface area contributed by atoms with Gasteiger partial charge in [0.15, 0.2) is 0 Å². The maximum Gasteiger partial charge on any atom is 0.323 e. The second-order valence-electron chi connectivity index (χ2n) is 4.29. The van der Waals surface area contributed by atoms with Gasteiger partial charge in [0.25, 0.3) is 5.91 Å². The Morgan fingerprint density at radius 1 is 1.42 bits per heavy atom. The van der Waals surface area contributed by atoms with Crippen LogP contribution in [0, 0.1) is 0 Å². The molecule has 0 bridgehead atoms. The summed E-state index contributed by atoms with van der Waals surface area (Å²) in [6.45, 7) is 2.05. The first-order chi connectivity index (χ1) is 9.11. The molecule has 19 heavy (non-hydrogen) atoms. The van der Waals surface area contributed by atoms with Crippen molar-refractivity contribution in [1.82, 2.24) is 15.1 Å². The van der Waals surface area contributed by atoms with E-state index in [1.807, 2.05) is 6.92 Å². The lowest BCUT2D eigenvalue weighted by Crippen LogP contribution is -2.36. The minimum absolute atomic E-state index is 0.271. The molecule has 0 fully saturated rings. The number of fused-ring (bicyclic) bond motifs is 1. The van der Waals surface area contributed by atoms with E-state index in [1.165, 1.54) is 4.90 Å². The number of benzene rings is 1. The minimum Gasteiger partial charge on any atom is -0.480 e. The SMILES string of the molecule is CCCN(CC(=O)O)C(=O)c1ccc2[nH]ncc2c1. The van der Waals surface area contributed by atoms with E-state index in [9.17, 15) is 9.59 Å². The van der Waals surface area contributed by atoms with Crippen LogP contribution in [0.25, 0.3) is 10.9 Å². The summed E-state index contributed by atoms with van der Waals surface area (Å²) in [5.74, 6) is -1.28. The Morgan fingerprint density at radius 2 is 2.21 bits per heavy atom. The summed E-state index contributed by atoms with van der Waals surface area (Å²) < 4.78 is 0. The third kappa shape index (κ3) is 2.90. The van der Waals surface area contributed by atoms with E-state index in [4.69, 9.17) is 5.11 Å². The summed E-state index contributed by atoms with van der Waals surface area (Å²) in [7, 11) is 0. The van der Waals surface area contributed by atoms with Crippen molar-refractivity contribution in [2.24, 2.45) is 0 Å². The fourth-order valence-corrected chi connectivity index (χ4v) is 1.94. The Morgan fingerprint density at radius 3 is 2.89 bits per heavy atom. The summed E-state index contributed by atoms with van der Waals surface area (Å²) in [5.41, 5.74) is 1.32. The highest BCUT2D eigenvalue weighted by Crippen LogP contribution is 2.14. The van der Waals surface area contributed by atoms with E-state index in [1.54, 1.807) is 24.4 Å². The molecule has 0 radical (unpaired) electrons. The summed E-state index contributed by atoms with van der Waals surface area (Å²) >= 11 is 0. The highest BCUT2D eigenvalue weighted by molar-refractivity contribution is 5.99. The zero-order valence-corrected chi connectivity index (χ0v) is 10.6. The number of amides is 1. The van der Waals surface area contributed by atoms with Crippen LogP contribution >= 0.6 is 0 Å². The molecule has 6 nitrogen and oxygen atoms in total. The van der Waals surface area contributed by atoms with Crippen molar-refractivity contribution in [2.75, 3.05) is 13.1 Å². The number of H-pyrrole nitrogens is 1. The molecule has 1 aromatic heterocycles. The Hall–Kier alpha value is -2.37. The van der Waals surface area contributed by atoms with Crippen LogP contribution in [-0.2, 0) is 4.79 Å². The first kappa shape index (κ1) is 13.1. The normalized spacial score (nSPS) is 10.6. The Balaban J connectivity index is 2.26. The summed E-state index contributed by atoms with van der Waals surface area (Å²) in [4.78, 5) is 24.4. The quantitative estimate of drug-likeness (QED) is 0.854. The van der Waals surface area contributed by atoms with Crippen LogP contribution in [0.15, 0.2) is 24.4 Å². The predicted octanol–water partition coefficient (Wildman–Crippen LogP) is 1.50. The summed E-state index contributed by atoms with van der Waals surface area (Å²) in [6.07, 6.45) is 2.35. The summed E-state index contributed by atoms with van der Waals surface area (Å²) in [6, 6.07) is 5.15. The average Bonchev–Trinajstić information content (AvgIpc) is 2.84. The number of nitrogens with zero attached hydrogens (tertiary/aromatic N) is 2. The second kappa shape index (κ2) is 5.51. The maximum absolute atomic E-state index is 12.3. The van der Waals surface area contributed by atoms with Crippen LogP contribution in [0.4, 0.5) is 0 Å². The number of rotatable bonds is 5. The van der Waals surface area contributed by atoms with Gasteiger partial charge in [-0.1, -0.05) is 6.92 Å². The molecule has 6 heteroatoms. The number of hydrogen-bond donors (Lipinski definition) is 2. The lowest BCUT2D eigenvalue weighted by Gasteiger charge is -2.19. The Kier molecular flexibility index (Phi) is 3.79. The van der Waals surface area contributed by atoms with Gasteiger partial charge in [-0.2, -0.15) is 5.10 Å². The Labute approximate surface area is 110 Å². The molecule has 2 rings (SSSR count).